The van der Waals surface area contributed by atoms with Gasteiger partial charge in [-0.1, -0.05) is 0 Å². The van der Waals surface area contributed by atoms with E-state index < -0.39 is 10.0 Å². The van der Waals surface area contributed by atoms with Crippen molar-refractivity contribution in [2.24, 2.45) is 0 Å². The molecule has 1 aromatic heterocycles. The van der Waals surface area contributed by atoms with Crippen LogP contribution < -0.4 is 5.32 Å². The van der Waals surface area contributed by atoms with E-state index >= 15 is 0 Å². The van der Waals surface area contributed by atoms with E-state index in [0.29, 0.717) is 12.2 Å². The molecule has 0 fully saturated rings. The lowest BCUT2D eigenvalue weighted by atomic mass is 10.2. The lowest BCUT2D eigenvalue weighted by Crippen LogP contribution is -2.31. The highest BCUT2D eigenvalue weighted by atomic mass is 32.2. The van der Waals surface area contributed by atoms with Gasteiger partial charge < -0.3 is 9.88 Å². The Bertz CT molecular complexity index is 836. The molecular weight excluding hydrogens is 314 g/mol. The maximum Gasteiger partial charge on any atom is 0.268 e. The summed E-state index contributed by atoms with van der Waals surface area (Å²) in [5.41, 5.74) is 1.38. The molecule has 0 bridgehead atoms. The summed E-state index contributed by atoms with van der Waals surface area (Å²) in [5.74, 6) is -0.157. The molecule has 0 unspecified atom stereocenters. The number of carbonyl (C=O) groups is 1. The summed E-state index contributed by atoms with van der Waals surface area (Å²) < 4.78 is 27.6. The van der Waals surface area contributed by atoms with Crippen molar-refractivity contribution in [2.45, 2.75) is 38.3 Å². The van der Waals surface area contributed by atoms with E-state index in [2.05, 4.69) is 5.32 Å². The van der Waals surface area contributed by atoms with Crippen LogP contribution in [0.1, 0.15) is 31.3 Å². The molecule has 0 aliphatic rings. The van der Waals surface area contributed by atoms with E-state index in [4.69, 9.17) is 0 Å². The molecule has 23 heavy (non-hydrogen) atoms. The normalized spacial score (nSPS) is 12.3. The van der Waals surface area contributed by atoms with Gasteiger partial charge in [0.25, 0.3) is 5.91 Å². The van der Waals surface area contributed by atoms with Gasteiger partial charge in [-0.15, -0.1) is 0 Å². The smallest absolute Gasteiger partial charge is 0.268 e. The molecule has 0 aliphatic carbocycles. The van der Waals surface area contributed by atoms with E-state index in [9.17, 15) is 13.2 Å². The maximum atomic E-state index is 12.3. The average molecular weight is 337 g/mol. The molecule has 0 radical (unpaired) electrons. The van der Waals surface area contributed by atoms with Crippen molar-refractivity contribution in [1.29, 1.82) is 0 Å². The molecule has 0 spiro atoms. The van der Waals surface area contributed by atoms with Gasteiger partial charge in [0, 0.05) is 37.6 Å². The van der Waals surface area contributed by atoms with Crippen LogP contribution in [0.4, 0.5) is 0 Å². The lowest BCUT2D eigenvalue weighted by molar-refractivity contribution is 0.0934. The van der Waals surface area contributed by atoms with E-state index in [1.54, 1.807) is 24.3 Å². The second-order valence-electron chi connectivity index (χ2n) is 5.91. The highest BCUT2D eigenvalue weighted by molar-refractivity contribution is 7.89. The van der Waals surface area contributed by atoms with Crippen LogP contribution in [0.25, 0.3) is 10.9 Å². The highest BCUT2D eigenvalue weighted by Gasteiger charge is 2.20. The lowest BCUT2D eigenvalue weighted by Gasteiger charge is -2.12. The fraction of sp³-hybridized carbons (Fsp3) is 0.438. The second-order valence-corrected chi connectivity index (χ2v) is 8.06. The van der Waals surface area contributed by atoms with E-state index in [1.807, 2.05) is 25.3 Å². The van der Waals surface area contributed by atoms with Crippen LogP contribution in [0.3, 0.4) is 0 Å². The zero-order valence-electron chi connectivity index (χ0n) is 14.1. The van der Waals surface area contributed by atoms with Crippen LogP contribution in [-0.4, -0.2) is 43.3 Å². The van der Waals surface area contributed by atoms with Gasteiger partial charge in [0.05, 0.1) is 4.90 Å². The largest absolute Gasteiger partial charge is 0.349 e. The van der Waals surface area contributed by atoms with E-state index in [-0.39, 0.29) is 16.8 Å². The minimum Gasteiger partial charge on any atom is -0.349 e. The first-order valence-corrected chi connectivity index (χ1v) is 8.99. The number of hydrogen-bond acceptors (Lipinski definition) is 3. The van der Waals surface area contributed by atoms with Crippen molar-refractivity contribution < 1.29 is 13.2 Å². The second kappa shape index (κ2) is 6.33. The van der Waals surface area contributed by atoms with Crippen LogP contribution in [0.5, 0.6) is 0 Å². The fourth-order valence-corrected chi connectivity index (χ4v) is 3.42. The molecule has 1 amide bonds. The number of aryl methyl sites for hydroxylation is 1. The molecule has 2 aromatic rings. The molecule has 1 aromatic carbocycles. The van der Waals surface area contributed by atoms with Gasteiger partial charge in [0.1, 0.15) is 5.69 Å². The molecule has 0 aliphatic heterocycles. The van der Waals surface area contributed by atoms with E-state index in [0.717, 1.165) is 10.9 Å². The molecule has 126 valence electrons. The highest BCUT2D eigenvalue weighted by Crippen LogP contribution is 2.24. The van der Waals surface area contributed by atoms with Gasteiger partial charge in [-0.25, -0.2) is 12.7 Å². The molecule has 7 heteroatoms. The van der Waals surface area contributed by atoms with Gasteiger partial charge in [0.15, 0.2) is 0 Å². The number of sulfonamides is 1. The Morgan fingerprint density at radius 3 is 2.43 bits per heavy atom. The predicted molar refractivity (Wildman–Crippen MR) is 91.1 cm³/mol. The number of nitrogens with zero attached hydrogens (tertiary/aromatic N) is 2. The average Bonchev–Trinajstić information content (AvgIpc) is 2.83. The summed E-state index contributed by atoms with van der Waals surface area (Å²) in [6, 6.07) is 6.72. The summed E-state index contributed by atoms with van der Waals surface area (Å²) in [6.45, 7) is 6.39. The number of hydrogen-bond donors (Lipinski definition) is 1. The molecule has 1 heterocycles. The third-order valence-corrected chi connectivity index (χ3v) is 5.43. The van der Waals surface area contributed by atoms with Crippen LogP contribution in [0.15, 0.2) is 29.2 Å². The molecule has 0 saturated heterocycles. The number of fused-ring (bicyclic) bond motifs is 1. The molecular formula is C16H23N3O3S. The van der Waals surface area contributed by atoms with Gasteiger partial charge in [-0.3, -0.25) is 4.79 Å². The SMILES string of the molecule is CCn1c(C(=O)NC(C)C)cc2cc(S(=O)(=O)N(C)C)ccc21. The Morgan fingerprint density at radius 2 is 1.91 bits per heavy atom. The standard InChI is InChI=1S/C16H23N3O3S/c1-6-19-14-8-7-13(23(21,22)18(4)5)9-12(14)10-15(19)16(20)17-11(2)3/h7-11H,6H2,1-5H3,(H,17,20). The first kappa shape index (κ1) is 17.5. The molecule has 6 nitrogen and oxygen atoms in total. The first-order chi connectivity index (χ1) is 10.7. The maximum absolute atomic E-state index is 12.3. The minimum atomic E-state index is -3.49. The van der Waals surface area contributed by atoms with Gasteiger partial charge in [-0.05, 0) is 45.0 Å². The van der Waals surface area contributed by atoms with Crippen molar-refractivity contribution in [3.63, 3.8) is 0 Å². The van der Waals surface area contributed by atoms with Gasteiger partial charge in [0.2, 0.25) is 10.0 Å². The van der Waals surface area contributed by atoms with Crippen LogP contribution in [0, 0.1) is 0 Å². The fourth-order valence-electron chi connectivity index (χ4n) is 2.49. The van der Waals surface area contributed by atoms with Gasteiger partial charge in [-0.2, -0.15) is 0 Å². The Hall–Kier alpha value is -1.86. The number of carbonyl (C=O) groups excluding carboxylic acids is 1. The Balaban J connectivity index is 2.59. The van der Waals surface area contributed by atoms with Crippen molar-refractivity contribution >= 4 is 26.8 Å². The number of rotatable bonds is 5. The molecule has 1 N–H and O–H groups in total. The zero-order chi connectivity index (χ0) is 17.4. The monoisotopic (exact) mass is 337 g/mol. The van der Waals surface area contributed by atoms with Crippen molar-refractivity contribution in [1.82, 2.24) is 14.2 Å². The summed E-state index contributed by atoms with van der Waals surface area (Å²) in [7, 11) is -0.498. The minimum absolute atomic E-state index is 0.0375. The van der Waals surface area contributed by atoms with Crippen molar-refractivity contribution in [3.8, 4) is 0 Å². The Kier molecular flexibility index (Phi) is 4.81. The van der Waals surface area contributed by atoms with Crippen molar-refractivity contribution in [3.05, 3.63) is 30.0 Å². The molecule has 0 atom stereocenters. The summed E-state index contributed by atoms with van der Waals surface area (Å²) >= 11 is 0. The number of nitrogens with one attached hydrogen (secondary N) is 1. The topological polar surface area (TPSA) is 71.4 Å². The molecule has 0 saturated carbocycles. The molecule has 2 rings (SSSR count). The van der Waals surface area contributed by atoms with Crippen LogP contribution in [-0.2, 0) is 16.6 Å². The quantitative estimate of drug-likeness (QED) is 0.908. The third kappa shape index (κ3) is 3.25. The summed E-state index contributed by atoms with van der Waals surface area (Å²) in [5, 5.41) is 3.61. The van der Waals surface area contributed by atoms with E-state index in [1.165, 1.54) is 18.4 Å². The predicted octanol–water partition coefficient (Wildman–Crippen LogP) is 2.05. The number of aromatic nitrogens is 1. The van der Waals surface area contributed by atoms with Crippen LogP contribution in [0.2, 0.25) is 0 Å². The Morgan fingerprint density at radius 1 is 1.26 bits per heavy atom. The number of amides is 1. The van der Waals surface area contributed by atoms with Crippen LogP contribution >= 0.6 is 0 Å². The van der Waals surface area contributed by atoms with Gasteiger partial charge >= 0.3 is 0 Å². The summed E-state index contributed by atoms with van der Waals surface area (Å²) in [4.78, 5) is 12.6. The third-order valence-electron chi connectivity index (χ3n) is 3.62. The van der Waals surface area contributed by atoms with Crippen molar-refractivity contribution in [2.75, 3.05) is 14.1 Å². The Labute approximate surface area is 137 Å². The number of benzene rings is 1. The zero-order valence-corrected chi connectivity index (χ0v) is 14.9. The summed E-state index contributed by atoms with van der Waals surface area (Å²) in [6.07, 6.45) is 0. The first-order valence-electron chi connectivity index (χ1n) is 7.55.